The standard InChI is InChI=1S/C17H34N2/c1-4-17(2,3)15-18-11-13-19(14-12-18)16-9-7-5-6-8-10-16/h16H,4-15H2,1-3H3. The lowest BCUT2D eigenvalue weighted by Crippen LogP contribution is -2.51. The first-order valence-electron chi connectivity index (χ1n) is 8.57. The average molecular weight is 266 g/mol. The smallest absolute Gasteiger partial charge is 0.0113 e. The second-order valence-electron chi connectivity index (χ2n) is 7.48. The molecule has 1 heterocycles. The normalized spacial score (nSPS) is 25.4. The minimum Gasteiger partial charge on any atom is -0.300 e. The Hall–Kier alpha value is -0.0800. The Kier molecular flexibility index (Phi) is 5.70. The van der Waals surface area contributed by atoms with Crippen molar-refractivity contribution in [1.82, 2.24) is 9.80 Å². The molecule has 0 amide bonds. The fourth-order valence-electron chi connectivity index (χ4n) is 3.63. The van der Waals surface area contributed by atoms with Crippen molar-refractivity contribution in [2.75, 3.05) is 32.7 Å². The molecule has 1 aliphatic carbocycles. The SMILES string of the molecule is CCC(C)(C)CN1CCN(C2CCCCCC2)CC1. The van der Waals surface area contributed by atoms with E-state index in [0.717, 1.165) is 6.04 Å². The van der Waals surface area contributed by atoms with Gasteiger partial charge in [-0.15, -0.1) is 0 Å². The molecule has 2 nitrogen and oxygen atoms in total. The Morgan fingerprint density at radius 3 is 2.00 bits per heavy atom. The van der Waals surface area contributed by atoms with Gasteiger partial charge in [-0.05, 0) is 24.7 Å². The Morgan fingerprint density at radius 1 is 0.895 bits per heavy atom. The van der Waals surface area contributed by atoms with Crippen molar-refractivity contribution in [3.05, 3.63) is 0 Å². The van der Waals surface area contributed by atoms with Crippen LogP contribution in [0.4, 0.5) is 0 Å². The van der Waals surface area contributed by atoms with Gasteiger partial charge in [-0.25, -0.2) is 0 Å². The van der Waals surface area contributed by atoms with Crippen LogP contribution in [0.5, 0.6) is 0 Å². The van der Waals surface area contributed by atoms with Crippen molar-refractivity contribution in [1.29, 1.82) is 0 Å². The van der Waals surface area contributed by atoms with Gasteiger partial charge in [-0.3, -0.25) is 4.90 Å². The van der Waals surface area contributed by atoms with Crippen molar-refractivity contribution in [2.24, 2.45) is 5.41 Å². The van der Waals surface area contributed by atoms with Crippen LogP contribution in [-0.2, 0) is 0 Å². The second-order valence-corrected chi connectivity index (χ2v) is 7.48. The lowest BCUT2D eigenvalue weighted by molar-refractivity contribution is 0.0658. The van der Waals surface area contributed by atoms with Crippen LogP contribution < -0.4 is 0 Å². The van der Waals surface area contributed by atoms with Crippen LogP contribution in [0.15, 0.2) is 0 Å². The molecule has 1 saturated carbocycles. The summed E-state index contributed by atoms with van der Waals surface area (Å²) in [6.45, 7) is 13.6. The highest BCUT2D eigenvalue weighted by molar-refractivity contribution is 4.82. The molecule has 2 aliphatic rings. The van der Waals surface area contributed by atoms with E-state index in [1.807, 2.05) is 0 Å². The molecule has 0 spiro atoms. The first kappa shape index (κ1) is 15.3. The van der Waals surface area contributed by atoms with Gasteiger partial charge >= 0.3 is 0 Å². The van der Waals surface area contributed by atoms with Gasteiger partial charge in [0.25, 0.3) is 0 Å². The molecular weight excluding hydrogens is 232 g/mol. The van der Waals surface area contributed by atoms with Gasteiger partial charge in [0.15, 0.2) is 0 Å². The van der Waals surface area contributed by atoms with Crippen molar-refractivity contribution < 1.29 is 0 Å². The molecule has 1 saturated heterocycles. The van der Waals surface area contributed by atoms with Crippen molar-refractivity contribution in [3.63, 3.8) is 0 Å². The van der Waals surface area contributed by atoms with Crippen LogP contribution in [0.3, 0.4) is 0 Å². The van der Waals surface area contributed by atoms with Gasteiger partial charge in [0.05, 0.1) is 0 Å². The predicted molar refractivity (Wildman–Crippen MR) is 83.6 cm³/mol. The summed E-state index contributed by atoms with van der Waals surface area (Å²) in [4.78, 5) is 5.48. The maximum absolute atomic E-state index is 2.79. The van der Waals surface area contributed by atoms with Crippen LogP contribution >= 0.6 is 0 Å². The zero-order chi connectivity index (χ0) is 13.7. The summed E-state index contributed by atoms with van der Waals surface area (Å²) in [7, 11) is 0. The van der Waals surface area contributed by atoms with Crippen LogP contribution in [0.1, 0.15) is 65.7 Å². The highest BCUT2D eigenvalue weighted by Crippen LogP contribution is 2.25. The molecule has 0 aromatic heterocycles. The van der Waals surface area contributed by atoms with Crippen molar-refractivity contribution in [3.8, 4) is 0 Å². The number of piperazine rings is 1. The van der Waals surface area contributed by atoms with Crippen LogP contribution in [0, 0.1) is 5.41 Å². The third-order valence-corrected chi connectivity index (χ3v) is 5.36. The summed E-state index contributed by atoms with van der Waals surface area (Å²) in [6.07, 6.45) is 10.1. The van der Waals surface area contributed by atoms with E-state index in [2.05, 4.69) is 30.6 Å². The lowest BCUT2D eigenvalue weighted by atomic mass is 9.89. The van der Waals surface area contributed by atoms with E-state index in [-0.39, 0.29) is 0 Å². The predicted octanol–water partition coefficient (Wildman–Crippen LogP) is 3.76. The van der Waals surface area contributed by atoms with Crippen molar-refractivity contribution in [2.45, 2.75) is 71.8 Å². The second kappa shape index (κ2) is 7.08. The van der Waals surface area contributed by atoms with Crippen LogP contribution in [0.2, 0.25) is 0 Å². The minimum atomic E-state index is 0.491. The molecule has 0 aromatic rings. The molecule has 2 heteroatoms. The van der Waals surface area contributed by atoms with E-state index in [1.54, 1.807) is 0 Å². The largest absolute Gasteiger partial charge is 0.300 e. The molecule has 2 fully saturated rings. The van der Waals surface area contributed by atoms with E-state index in [1.165, 1.54) is 77.7 Å². The summed E-state index contributed by atoms with van der Waals surface area (Å²) in [5, 5.41) is 0. The third-order valence-electron chi connectivity index (χ3n) is 5.36. The summed E-state index contributed by atoms with van der Waals surface area (Å²) in [6, 6.07) is 0.906. The molecule has 1 aliphatic heterocycles. The van der Waals surface area contributed by atoms with Crippen molar-refractivity contribution >= 4 is 0 Å². The summed E-state index contributed by atoms with van der Waals surface area (Å²) >= 11 is 0. The number of rotatable bonds is 4. The molecule has 112 valence electrons. The number of hydrogen-bond acceptors (Lipinski definition) is 2. The van der Waals surface area contributed by atoms with E-state index in [9.17, 15) is 0 Å². The van der Waals surface area contributed by atoms with Gasteiger partial charge in [0, 0.05) is 38.8 Å². The highest BCUT2D eigenvalue weighted by Gasteiger charge is 2.27. The third kappa shape index (κ3) is 4.75. The van der Waals surface area contributed by atoms with Gasteiger partial charge in [0.1, 0.15) is 0 Å². The van der Waals surface area contributed by atoms with E-state index in [0.29, 0.717) is 5.41 Å². The Labute approximate surface area is 120 Å². The quantitative estimate of drug-likeness (QED) is 0.715. The lowest BCUT2D eigenvalue weighted by Gasteiger charge is -2.41. The molecule has 0 atom stereocenters. The Morgan fingerprint density at radius 2 is 1.47 bits per heavy atom. The molecule has 0 radical (unpaired) electrons. The van der Waals surface area contributed by atoms with Gasteiger partial charge < -0.3 is 4.90 Å². The molecule has 0 aromatic carbocycles. The zero-order valence-electron chi connectivity index (χ0n) is 13.5. The number of hydrogen-bond donors (Lipinski definition) is 0. The molecule has 0 N–H and O–H groups in total. The first-order valence-corrected chi connectivity index (χ1v) is 8.57. The molecule has 0 unspecified atom stereocenters. The molecule has 0 bridgehead atoms. The van der Waals surface area contributed by atoms with Crippen LogP contribution in [-0.4, -0.2) is 48.6 Å². The Balaban J connectivity index is 1.75. The maximum Gasteiger partial charge on any atom is 0.0113 e. The Bertz CT molecular complexity index is 246. The van der Waals surface area contributed by atoms with E-state index >= 15 is 0 Å². The topological polar surface area (TPSA) is 6.48 Å². The summed E-state index contributed by atoms with van der Waals surface area (Å²) in [5.74, 6) is 0. The first-order chi connectivity index (χ1) is 9.11. The molecule has 19 heavy (non-hydrogen) atoms. The van der Waals surface area contributed by atoms with Crippen LogP contribution in [0.25, 0.3) is 0 Å². The fraction of sp³-hybridized carbons (Fsp3) is 1.00. The monoisotopic (exact) mass is 266 g/mol. The van der Waals surface area contributed by atoms with E-state index in [4.69, 9.17) is 0 Å². The minimum absolute atomic E-state index is 0.491. The fourth-order valence-corrected chi connectivity index (χ4v) is 3.63. The van der Waals surface area contributed by atoms with E-state index < -0.39 is 0 Å². The van der Waals surface area contributed by atoms with Gasteiger partial charge in [0.2, 0.25) is 0 Å². The zero-order valence-corrected chi connectivity index (χ0v) is 13.5. The van der Waals surface area contributed by atoms with Gasteiger partial charge in [-0.1, -0.05) is 46.5 Å². The molecule has 2 rings (SSSR count). The molecular formula is C17H34N2. The summed E-state index contributed by atoms with van der Waals surface area (Å²) in [5.41, 5.74) is 0.491. The number of nitrogens with zero attached hydrogens (tertiary/aromatic N) is 2. The average Bonchev–Trinajstić information content (AvgIpc) is 2.68. The highest BCUT2D eigenvalue weighted by atomic mass is 15.3. The maximum atomic E-state index is 2.79. The van der Waals surface area contributed by atoms with Gasteiger partial charge in [-0.2, -0.15) is 0 Å². The summed E-state index contributed by atoms with van der Waals surface area (Å²) < 4.78 is 0.